The number of H-pyrrole nitrogens is 3. The van der Waals surface area contributed by atoms with Gasteiger partial charge in [0.2, 0.25) is 5.78 Å². The molecular formula is C8H5N5O3. The number of nitrogens with one attached hydrogen (secondary N) is 3. The van der Waals surface area contributed by atoms with E-state index in [1.165, 1.54) is 0 Å². The van der Waals surface area contributed by atoms with Gasteiger partial charge in [0, 0.05) is 6.07 Å². The van der Waals surface area contributed by atoms with Gasteiger partial charge >= 0.3 is 0 Å². The lowest BCUT2D eigenvalue weighted by molar-refractivity contribution is 0.478. The number of imidazole rings is 1. The molecule has 0 saturated heterocycles. The van der Waals surface area contributed by atoms with Crippen LogP contribution in [0.4, 0.5) is 0 Å². The first-order valence-electron chi connectivity index (χ1n) is 4.35. The van der Waals surface area contributed by atoms with Crippen molar-refractivity contribution in [3.05, 3.63) is 26.8 Å². The molecule has 16 heavy (non-hydrogen) atoms. The molecule has 3 heterocycles. The van der Waals surface area contributed by atoms with Crippen LogP contribution in [0.25, 0.3) is 22.6 Å². The summed E-state index contributed by atoms with van der Waals surface area (Å²) in [5, 5.41) is 9.51. The first-order chi connectivity index (χ1) is 7.63. The molecule has 80 valence electrons. The summed E-state index contributed by atoms with van der Waals surface area (Å²) in [7, 11) is 0. The second-order valence-corrected chi connectivity index (χ2v) is 3.22. The fourth-order valence-corrected chi connectivity index (χ4v) is 1.44. The summed E-state index contributed by atoms with van der Waals surface area (Å²) in [6, 6.07) is 0.949. The van der Waals surface area contributed by atoms with Crippen LogP contribution in [0.15, 0.2) is 15.7 Å². The average Bonchev–Trinajstić information content (AvgIpc) is 2.61. The van der Waals surface area contributed by atoms with Gasteiger partial charge in [-0.3, -0.25) is 19.6 Å². The minimum atomic E-state index is -0.599. The number of aromatic nitrogens is 5. The Kier molecular flexibility index (Phi) is 1.45. The van der Waals surface area contributed by atoms with Crippen molar-refractivity contribution in [2.45, 2.75) is 0 Å². The Morgan fingerprint density at radius 1 is 1.06 bits per heavy atom. The smallest absolute Gasteiger partial charge is 0.280 e. The lowest BCUT2D eigenvalue weighted by Gasteiger charge is -1.88. The van der Waals surface area contributed by atoms with Gasteiger partial charge in [-0.2, -0.15) is 4.98 Å². The van der Waals surface area contributed by atoms with Crippen LogP contribution in [0.1, 0.15) is 0 Å². The minimum Gasteiger partial charge on any atom is -0.504 e. The van der Waals surface area contributed by atoms with Gasteiger partial charge in [-0.15, -0.1) is 0 Å². The fourth-order valence-electron chi connectivity index (χ4n) is 1.44. The molecule has 0 aliphatic carbocycles. The molecule has 0 aliphatic heterocycles. The van der Waals surface area contributed by atoms with Gasteiger partial charge in [0.1, 0.15) is 0 Å². The van der Waals surface area contributed by atoms with Gasteiger partial charge in [0.05, 0.1) is 0 Å². The third-order valence-electron chi connectivity index (χ3n) is 2.11. The SMILES string of the molecule is O=c1cc(O)c2nc3c(=O)[nH]c(nc3[nH]2)[nH]1. The van der Waals surface area contributed by atoms with Crippen molar-refractivity contribution in [1.29, 1.82) is 0 Å². The number of hydrogen-bond acceptors (Lipinski definition) is 5. The Bertz CT molecular complexity index is 812. The van der Waals surface area contributed by atoms with E-state index in [0.29, 0.717) is 0 Å². The Morgan fingerprint density at radius 3 is 2.69 bits per heavy atom. The summed E-state index contributed by atoms with van der Waals surface area (Å²) in [6.07, 6.45) is 0. The molecule has 0 amide bonds. The monoisotopic (exact) mass is 219 g/mol. The predicted molar refractivity (Wildman–Crippen MR) is 54.3 cm³/mol. The molecule has 3 aromatic heterocycles. The number of aromatic amines is 3. The van der Waals surface area contributed by atoms with E-state index in [1.54, 1.807) is 0 Å². The maximum Gasteiger partial charge on any atom is 0.280 e. The van der Waals surface area contributed by atoms with Crippen LogP contribution in [-0.4, -0.2) is 30.0 Å². The topological polar surface area (TPSA) is 128 Å². The normalized spacial score (nSPS) is 11.2. The molecule has 0 spiro atoms. The molecule has 3 bridgehead atoms. The first kappa shape index (κ1) is 8.65. The van der Waals surface area contributed by atoms with E-state index in [0.717, 1.165) is 6.07 Å². The van der Waals surface area contributed by atoms with Crippen molar-refractivity contribution in [3.8, 4) is 5.75 Å². The summed E-state index contributed by atoms with van der Waals surface area (Å²) in [6.45, 7) is 0. The molecule has 3 aromatic rings. The number of rotatable bonds is 0. The zero-order valence-corrected chi connectivity index (χ0v) is 7.74. The molecule has 8 nitrogen and oxygen atoms in total. The number of aromatic hydroxyl groups is 1. The molecule has 0 saturated carbocycles. The molecule has 0 aromatic carbocycles. The van der Waals surface area contributed by atoms with Crippen LogP contribution in [0, 0.1) is 0 Å². The van der Waals surface area contributed by atoms with E-state index in [4.69, 9.17) is 0 Å². The molecule has 0 aliphatic rings. The third kappa shape index (κ3) is 1.10. The zero-order chi connectivity index (χ0) is 11.3. The Morgan fingerprint density at radius 2 is 1.88 bits per heavy atom. The standard InChI is InChI=1S/C8H5N5O3/c14-2-1-3(15)9-8-12-6-4(7(16)13-8)10-5(2)11-6/h1,14H,(H3,9,10,11,12,13,15,16). The van der Waals surface area contributed by atoms with E-state index in [2.05, 4.69) is 24.9 Å². The van der Waals surface area contributed by atoms with Gasteiger partial charge in [0.15, 0.2) is 22.6 Å². The highest BCUT2D eigenvalue weighted by Crippen LogP contribution is 2.13. The lowest BCUT2D eigenvalue weighted by Crippen LogP contribution is -2.11. The largest absolute Gasteiger partial charge is 0.504 e. The van der Waals surface area contributed by atoms with E-state index < -0.39 is 11.1 Å². The molecule has 8 heteroatoms. The fraction of sp³-hybridized carbons (Fsp3) is 0. The molecule has 3 rings (SSSR count). The Balaban J connectivity index is 2.77. The van der Waals surface area contributed by atoms with Crippen molar-refractivity contribution in [2.24, 2.45) is 0 Å². The minimum absolute atomic E-state index is 0.00338. The van der Waals surface area contributed by atoms with Crippen molar-refractivity contribution in [1.82, 2.24) is 24.9 Å². The summed E-state index contributed by atoms with van der Waals surface area (Å²) < 4.78 is 0. The van der Waals surface area contributed by atoms with Crippen molar-refractivity contribution in [3.63, 3.8) is 0 Å². The van der Waals surface area contributed by atoms with E-state index >= 15 is 0 Å². The van der Waals surface area contributed by atoms with Crippen LogP contribution < -0.4 is 11.1 Å². The first-order valence-corrected chi connectivity index (χ1v) is 4.35. The Labute approximate surface area is 86.0 Å². The highest BCUT2D eigenvalue weighted by atomic mass is 16.3. The van der Waals surface area contributed by atoms with E-state index in [9.17, 15) is 14.7 Å². The number of hydrogen-bond donors (Lipinski definition) is 4. The van der Waals surface area contributed by atoms with Crippen molar-refractivity contribution >= 4 is 22.6 Å². The van der Waals surface area contributed by atoms with Crippen LogP contribution in [0.2, 0.25) is 0 Å². The van der Waals surface area contributed by atoms with Crippen LogP contribution in [0.3, 0.4) is 0 Å². The molecule has 0 fully saturated rings. The van der Waals surface area contributed by atoms with Crippen molar-refractivity contribution < 1.29 is 5.11 Å². The van der Waals surface area contributed by atoms with Crippen LogP contribution in [-0.2, 0) is 0 Å². The average molecular weight is 219 g/mol. The zero-order valence-electron chi connectivity index (χ0n) is 7.74. The number of fused-ring (bicyclic) bond motifs is 2. The van der Waals surface area contributed by atoms with Gasteiger partial charge in [-0.25, -0.2) is 4.98 Å². The Hall–Kier alpha value is -2.64. The number of nitrogens with zero attached hydrogens (tertiary/aromatic N) is 2. The quantitative estimate of drug-likeness (QED) is 0.393. The van der Waals surface area contributed by atoms with Gasteiger partial charge < -0.3 is 10.1 Å². The maximum atomic E-state index is 11.5. The third-order valence-corrected chi connectivity index (χ3v) is 2.11. The molecule has 4 N–H and O–H groups in total. The van der Waals surface area contributed by atoms with Gasteiger partial charge in [-0.1, -0.05) is 0 Å². The van der Waals surface area contributed by atoms with Crippen molar-refractivity contribution in [2.75, 3.05) is 0 Å². The molecule has 0 atom stereocenters. The van der Waals surface area contributed by atoms with E-state index in [1.807, 2.05) is 0 Å². The second kappa shape index (κ2) is 2.69. The lowest BCUT2D eigenvalue weighted by atomic mass is 10.5. The van der Waals surface area contributed by atoms with E-state index in [-0.39, 0.29) is 28.3 Å². The van der Waals surface area contributed by atoms with Gasteiger partial charge in [0.25, 0.3) is 11.1 Å². The summed E-state index contributed by atoms with van der Waals surface area (Å²) >= 11 is 0. The highest BCUT2D eigenvalue weighted by Gasteiger charge is 2.08. The predicted octanol–water partition coefficient (Wildman–Crippen LogP) is -0.807. The summed E-state index contributed by atoms with van der Waals surface area (Å²) in [4.78, 5) is 37.8. The van der Waals surface area contributed by atoms with Gasteiger partial charge in [-0.05, 0) is 0 Å². The van der Waals surface area contributed by atoms with Crippen LogP contribution in [0.5, 0.6) is 5.75 Å². The molecule has 0 radical (unpaired) electrons. The second-order valence-electron chi connectivity index (χ2n) is 3.22. The highest BCUT2D eigenvalue weighted by molar-refractivity contribution is 5.77. The molecular weight excluding hydrogens is 214 g/mol. The summed E-state index contributed by atoms with van der Waals surface area (Å²) in [5.74, 6) is -0.347. The summed E-state index contributed by atoms with van der Waals surface area (Å²) in [5.41, 5.74) is -0.775. The maximum absolute atomic E-state index is 11.5. The molecule has 0 unspecified atom stereocenters. The van der Waals surface area contributed by atoms with Crippen LogP contribution >= 0.6 is 0 Å².